The molecule has 3 rings (SSSR count). The van der Waals surface area contributed by atoms with Crippen molar-refractivity contribution in [1.82, 2.24) is 4.31 Å². The van der Waals surface area contributed by atoms with Crippen molar-refractivity contribution in [3.63, 3.8) is 0 Å². The van der Waals surface area contributed by atoms with Crippen LogP contribution in [0.25, 0.3) is 0 Å². The first-order chi connectivity index (χ1) is 14.0. The number of carbonyl (C=O) groups is 1. The number of nitrogens with zero attached hydrogens (tertiary/aromatic N) is 1. The van der Waals surface area contributed by atoms with Crippen molar-refractivity contribution in [3.05, 3.63) is 48.5 Å². The predicted octanol–water partition coefficient (Wildman–Crippen LogP) is 4.64. The topological polar surface area (TPSA) is 75.7 Å². The van der Waals surface area contributed by atoms with Gasteiger partial charge in [0.2, 0.25) is 15.9 Å². The molecule has 156 valence electrons. The average molecular weight is 417 g/mol. The number of amides is 1. The highest BCUT2D eigenvalue weighted by atomic mass is 32.2. The second-order valence-corrected chi connectivity index (χ2v) is 9.07. The number of rotatable bonds is 8. The van der Waals surface area contributed by atoms with Crippen molar-refractivity contribution in [2.24, 2.45) is 5.92 Å². The van der Waals surface area contributed by atoms with Gasteiger partial charge in [0, 0.05) is 19.0 Å². The van der Waals surface area contributed by atoms with Crippen LogP contribution in [0.15, 0.2) is 53.4 Å². The van der Waals surface area contributed by atoms with Crippen LogP contribution in [0.1, 0.15) is 39.5 Å². The third-order valence-corrected chi connectivity index (χ3v) is 7.29. The molecule has 0 spiro atoms. The molecule has 0 bridgehead atoms. The van der Waals surface area contributed by atoms with Gasteiger partial charge in [-0.15, -0.1) is 0 Å². The van der Waals surface area contributed by atoms with E-state index in [-0.39, 0.29) is 16.7 Å². The molecule has 1 aliphatic carbocycles. The Hall–Kier alpha value is -2.38. The van der Waals surface area contributed by atoms with Crippen molar-refractivity contribution in [2.45, 2.75) is 44.4 Å². The third-order valence-electron chi connectivity index (χ3n) is 5.25. The highest BCUT2D eigenvalue weighted by Crippen LogP contribution is 2.34. The Bertz CT molecular complexity index is 935. The number of ether oxygens (including phenoxy) is 1. The van der Waals surface area contributed by atoms with E-state index in [2.05, 4.69) is 5.32 Å². The van der Waals surface area contributed by atoms with Gasteiger partial charge in [0.25, 0.3) is 0 Å². The normalized spacial score (nSPS) is 14.9. The molecule has 29 heavy (non-hydrogen) atoms. The van der Waals surface area contributed by atoms with Crippen molar-refractivity contribution >= 4 is 21.6 Å². The van der Waals surface area contributed by atoms with Crippen LogP contribution < -0.4 is 10.1 Å². The molecule has 2 aromatic carbocycles. The van der Waals surface area contributed by atoms with Crippen molar-refractivity contribution in [1.29, 1.82) is 0 Å². The monoisotopic (exact) mass is 416 g/mol. The Balaban J connectivity index is 1.96. The van der Waals surface area contributed by atoms with Crippen LogP contribution in [0.4, 0.5) is 5.69 Å². The van der Waals surface area contributed by atoms with Gasteiger partial charge in [0.05, 0.1) is 10.6 Å². The fourth-order valence-electron chi connectivity index (χ4n) is 3.61. The summed E-state index contributed by atoms with van der Waals surface area (Å²) in [5.41, 5.74) is 0.374. The largest absolute Gasteiger partial charge is 0.455 e. The summed E-state index contributed by atoms with van der Waals surface area (Å²) in [6, 6.07) is 13.8. The Morgan fingerprint density at radius 3 is 2.34 bits per heavy atom. The number of hydrogen-bond donors (Lipinski definition) is 1. The average Bonchev–Trinajstić information content (AvgIpc) is 3.26. The Labute approximate surface area is 172 Å². The van der Waals surface area contributed by atoms with E-state index in [9.17, 15) is 13.2 Å². The minimum absolute atomic E-state index is 0.0392. The molecule has 6 nitrogen and oxygen atoms in total. The molecule has 1 aliphatic rings. The number of anilines is 1. The number of sulfonamides is 1. The molecular weight excluding hydrogens is 388 g/mol. The summed E-state index contributed by atoms with van der Waals surface area (Å²) in [6.45, 7) is 4.36. The molecule has 0 atom stereocenters. The standard InChI is InChI=1S/C22H28N2O4S/c1-3-24(4-2)29(26,27)19-14-15-21(28-18-12-6-5-7-13-18)20(16-19)23-22(25)17-10-8-9-11-17/h5-7,12-17H,3-4,8-11H2,1-2H3,(H,23,25). The van der Waals surface area contributed by atoms with Gasteiger partial charge >= 0.3 is 0 Å². The molecule has 1 N–H and O–H groups in total. The van der Waals surface area contributed by atoms with Gasteiger partial charge in [-0.2, -0.15) is 4.31 Å². The molecule has 1 fully saturated rings. The zero-order chi connectivity index (χ0) is 20.9. The van der Waals surface area contributed by atoms with E-state index < -0.39 is 10.0 Å². The molecule has 0 aliphatic heterocycles. The van der Waals surface area contributed by atoms with Crippen molar-refractivity contribution < 1.29 is 17.9 Å². The molecule has 0 saturated heterocycles. The second-order valence-electron chi connectivity index (χ2n) is 7.13. The van der Waals surface area contributed by atoms with E-state index in [1.54, 1.807) is 19.9 Å². The molecular formula is C22H28N2O4S. The van der Waals surface area contributed by atoms with E-state index >= 15 is 0 Å². The zero-order valence-corrected chi connectivity index (χ0v) is 17.7. The van der Waals surface area contributed by atoms with Crippen LogP contribution in [-0.4, -0.2) is 31.7 Å². The van der Waals surface area contributed by atoms with Gasteiger partial charge in [-0.3, -0.25) is 4.79 Å². The van der Waals surface area contributed by atoms with Crippen LogP contribution in [0.2, 0.25) is 0 Å². The summed E-state index contributed by atoms with van der Waals surface area (Å²) in [5.74, 6) is 0.907. The first kappa shape index (κ1) is 21.3. The van der Waals surface area contributed by atoms with Crippen LogP contribution in [-0.2, 0) is 14.8 Å². The quantitative estimate of drug-likeness (QED) is 0.680. The van der Waals surface area contributed by atoms with E-state index in [4.69, 9.17) is 4.74 Å². The Morgan fingerprint density at radius 2 is 1.72 bits per heavy atom. The molecule has 0 aromatic heterocycles. The summed E-state index contributed by atoms with van der Waals surface area (Å²) >= 11 is 0. The SMILES string of the molecule is CCN(CC)S(=O)(=O)c1ccc(Oc2ccccc2)c(NC(=O)C2CCCC2)c1. The first-order valence-corrected chi connectivity index (χ1v) is 11.6. The zero-order valence-electron chi connectivity index (χ0n) is 16.9. The highest BCUT2D eigenvalue weighted by molar-refractivity contribution is 7.89. The molecule has 2 aromatic rings. The van der Waals surface area contributed by atoms with Gasteiger partial charge < -0.3 is 10.1 Å². The van der Waals surface area contributed by atoms with E-state index in [0.29, 0.717) is 30.3 Å². The lowest BCUT2D eigenvalue weighted by atomic mass is 10.1. The molecule has 7 heteroatoms. The lowest BCUT2D eigenvalue weighted by Gasteiger charge is -2.20. The number of nitrogens with one attached hydrogen (secondary N) is 1. The number of carbonyl (C=O) groups excluding carboxylic acids is 1. The van der Waals surface area contributed by atoms with E-state index in [1.807, 2.05) is 30.3 Å². The minimum Gasteiger partial charge on any atom is -0.455 e. The maximum atomic E-state index is 12.9. The Morgan fingerprint density at radius 1 is 1.07 bits per heavy atom. The van der Waals surface area contributed by atoms with Crippen LogP contribution in [0.5, 0.6) is 11.5 Å². The summed E-state index contributed by atoms with van der Waals surface area (Å²) in [5, 5.41) is 2.91. The summed E-state index contributed by atoms with van der Waals surface area (Å²) in [4.78, 5) is 12.8. The van der Waals surface area contributed by atoms with Crippen LogP contribution in [0, 0.1) is 5.92 Å². The predicted molar refractivity (Wildman–Crippen MR) is 114 cm³/mol. The van der Waals surface area contributed by atoms with Gasteiger partial charge in [-0.25, -0.2) is 8.42 Å². The molecule has 0 heterocycles. The number of hydrogen-bond acceptors (Lipinski definition) is 4. The highest BCUT2D eigenvalue weighted by Gasteiger charge is 2.26. The summed E-state index contributed by atoms with van der Waals surface area (Å²) in [7, 11) is -3.64. The molecule has 1 saturated carbocycles. The van der Waals surface area contributed by atoms with E-state index in [0.717, 1.165) is 25.7 Å². The fourth-order valence-corrected chi connectivity index (χ4v) is 5.09. The third kappa shape index (κ3) is 4.97. The maximum Gasteiger partial charge on any atom is 0.243 e. The second kappa shape index (κ2) is 9.41. The van der Waals surface area contributed by atoms with Crippen LogP contribution in [0.3, 0.4) is 0 Å². The lowest BCUT2D eigenvalue weighted by molar-refractivity contribution is -0.119. The molecule has 0 radical (unpaired) electrons. The van der Waals surface area contributed by atoms with E-state index in [1.165, 1.54) is 16.4 Å². The number of benzene rings is 2. The van der Waals surface area contributed by atoms with Gasteiger partial charge in [0.1, 0.15) is 5.75 Å². The smallest absolute Gasteiger partial charge is 0.243 e. The van der Waals surface area contributed by atoms with Crippen LogP contribution >= 0.6 is 0 Å². The van der Waals surface area contributed by atoms with Gasteiger partial charge in [-0.05, 0) is 43.2 Å². The molecule has 1 amide bonds. The molecule has 0 unspecified atom stereocenters. The van der Waals surface area contributed by atoms with Gasteiger partial charge in [0.15, 0.2) is 5.75 Å². The van der Waals surface area contributed by atoms with Crippen molar-refractivity contribution in [3.8, 4) is 11.5 Å². The lowest BCUT2D eigenvalue weighted by Crippen LogP contribution is -2.30. The summed E-state index contributed by atoms with van der Waals surface area (Å²) < 4.78 is 33.2. The summed E-state index contributed by atoms with van der Waals surface area (Å²) in [6.07, 6.45) is 3.81. The van der Waals surface area contributed by atoms with Gasteiger partial charge in [-0.1, -0.05) is 44.9 Å². The number of para-hydroxylation sites is 1. The van der Waals surface area contributed by atoms with Crippen molar-refractivity contribution in [2.75, 3.05) is 18.4 Å². The maximum absolute atomic E-state index is 12.9. The minimum atomic E-state index is -3.64. The fraction of sp³-hybridized carbons (Fsp3) is 0.409. The Kier molecular flexibility index (Phi) is 6.92. The first-order valence-electron chi connectivity index (χ1n) is 10.1.